The molecule has 1 aromatic heterocycles. The summed E-state index contributed by atoms with van der Waals surface area (Å²) in [6, 6.07) is 8.30. The lowest BCUT2D eigenvalue weighted by molar-refractivity contribution is 0.0690. The topological polar surface area (TPSA) is 78.3 Å². The van der Waals surface area contributed by atoms with Gasteiger partial charge in [-0.05, 0) is 30.5 Å². The second kappa shape index (κ2) is 7.59. The van der Waals surface area contributed by atoms with E-state index in [0.717, 1.165) is 37.5 Å². The van der Waals surface area contributed by atoms with Crippen molar-refractivity contribution in [2.24, 2.45) is 0 Å². The number of benzene rings is 1. The zero-order valence-electron chi connectivity index (χ0n) is 13.2. The quantitative estimate of drug-likeness (QED) is 0.866. The SMILES string of the molecule is O=C(O)c1cnc(NC2CCN(Cc3ccc(Cl)cc3)CC2)cn1. The molecule has 1 aromatic carbocycles. The number of halogens is 1. The van der Waals surface area contributed by atoms with E-state index < -0.39 is 5.97 Å². The molecular weight excluding hydrogens is 328 g/mol. The Kier molecular flexibility index (Phi) is 5.27. The molecule has 2 aromatic rings. The Morgan fingerprint density at radius 3 is 2.50 bits per heavy atom. The van der Waals surface area contributed by atoms with Gasteiger partial charge in [-0.2, -0.15) is 0 Å². The van der Waals surface area contributed by atoms with Crippen LogP contribution < -0.4 is 5.32 Å². The first kappa shape index (κ1) is 16.7. The molecule has 1 aliphatic heterocycles. The fraction of sp³-hybridized carbons (Fsp3) is 0.353. The minimum absolute atomic E-state index is 0.0432. The molecule has 24 heavy (non-hydrogen) atoms. The Morgan fingerprint density at radius 2 is 1.92 bits per heavy atom. The predicted molar refractivity (Wildman–Crippen MR) is 92.4 cm³/mol. The number of aromatic nitrogens is 2. The van der Waals surface area contributed by atoms with Gasteiger partial charge in [0.05, 0.1) is 12.4 Å². The molecule has 1 aliphatic rings. The number of carbonyl (C=O) groups is 1. The third kappa shape index (κ3) is 4.43. The van der Waals surface area contributed by atoms with E-state index in [1.54, 1.807) is 0 Å². The number of hydrogen-bond donors (Lipinski definition) is 2. The van der Waals surface area contributed by atoms with Gasteiger partial charge in [-0.3, -0.25) is 4.90 Å². The first-order valence-corrected chi connectivity index (χ1v) is 8.26. The third-order valence-electron chi connectivity index (χ3n) is 4.13. The van der Waals surface area contributed by atoms with E-state index in [4.69, 9.17) is 16.7 Å². The molecule has 0 spiro atoms. The Labute approximate surface area is 145 Å². The number of carboxylic acids is 1. The summed E-state index contributed by atoms with van der Waals surface area (Å²) in [7, 11) is 0. The van der Waals surface area contributed by atoms with Crippen LogP contribution in [0.2, 0.25) is 5.02 Å². The second-order valence-corrected chi connectivity index (χ2v) is 6.35. The van der Waals surface area contributed by atoms with Crippen molar-refractivity contribution >= 4 is 23.4 Å². The molecule has 126 valence electrons. The van der Waals surface area contributed by atoms with Crippen molar-refractivity contribution in [2.45, 2.75) is 25.4 Å². The highest BCUT2D eigenvalue weighted by Crippen LogP contribution is 2.18. The molecule has 0 unspecified atom stereocenters. The minimum atomic E-state index is -1.07. The fourth-order valence-electron chi connectivity index (χ4n) is 2.81. The summed E-state index contributed by atoms with van der Waals surface area (Å²) in [5, 5.41) is 12.9. The molecule has 0 aliphatic carbocycles. The molecule has 0 amide bonds. The van der Waals surface area contributed by atoms with Crippen molar-refractivity contribution in [3.8, 4) is 0 Å². The van der Waals surface area contributed by atoms with Gasteiger partial charge in [0.25, 0.3) is 0 Å². The van der Waals surface area contributed by atoms with Gasteiger partial charge >= 0.3 is 5.97 Å². The number of nitrogens with zero attached hydrogens (tertiary/aromatic N) is 3. The smallest absolute Gasteiger partial charge is 0.356 e. The number of piperidine rings is 1. The number of likely N-dealkylation sites (tertiary alicyclic amines) is 1. The molecule has 0 bridgehead atoms. The zero-order valence-corrected chi connectivity index (χ0v) is 13.9. The van der Waals surface area contributed by atoms with E-state index in [1.807, 2.05) is 12.1 Å². The fourth-order valence-corrected chi connectivity index (χ4v) is 2.93. The maximum Gasteiger partial charge on any atom is 0.356 e. The molecule has 1 saturated heterocycles. The monoisotopic (exact) mass is 346 g/mol. The van der Waals surface area contributed by atoms with Gasteiger partial charge in [0.2, 0.25) is 0 Å². The first-order valence-electron chi connectivity index (χ1n) is 7.89. The van der Waals surface area contributed by atoms with Crippen molar-refractivity contribution in [2.75, 3.05) is 18.4 Å². The number of nitrogens with one attached hydrogen (secondary N) is 1. The summed E-state index contributed by atoms with van der Waals surface area (Å²) < 4.78 is 0. The van der Waals surface area contributed by atoms with E-state index in [1.165, 1.54) is 18.0 Å². The van der Waals surface area contributed by atoms with Crippen LogP contribution in [0.4, 0.5) is 5.82 Å². The van der Waals surface area contributed by atoms with Gasteiger partial charge in [-0.25, -0.2) is 14.8 Å². The van der Waals surface area contributed by atoms with Crippen molar-refractivity contribution in [1.82, 2.24) is 14.9 Å². The van der Waals surface area contributed by atoms with E-state index in [0.29, 0.717) is 11.9 Å². The molecule has 6 nitrogen and oxygen atoms in total. The van der Waals surface area contributed by atoms with Gasteiger partial charge in [0, 0.05) is 30.7 Å². The van der Waals surface area contributed by atoms with Gasteiger partial charge in [0.1, 0.15) is 5.82 Å². The number of hydrogen-bond acceptors (Lipinski definition) is 5. The average Bonchev–Trinajstić information content (AvgIpc) is 2.59. The molecular formula is C17H19ClN4O2. The zero-order chi connectivity index (χ0) is 16.9. The van der Waals surface area contributed by atoms with Crippen LogP contribution in [0.25, 0.3) is 0 Å². The highest BCUT2D eigenvalue weighted by molar-refractivity contribution is 6.30. The highest BCUT2D eigenvalue weighted by Gasteiger charge is 2.19. The lowest BCUT2D eigenvalue weighted by Gasteiger charge is -2.32. The van der Waals surface area contributed by atoms with Crippen molar-refractivity contribution < 1.29 is 9.90 Å². The number of carboxylic acid groups (broad SMARTS) is 1. The van der Waals surface area contributed by atoms with Crippen LogP contribution in [0, 0.1) is 0 Å². The standard InChI is InChI=1S/C17H19ClN4O2/c18-13-3-1-12(2-4-13)11-22-7-5-14(6-8-22)21-16-10-19-15(9-20-16)17(23)24/h1-4,9-10,14H,5-8,11H2,(H,20,21)(H,23,24). The van der Waals surface area contributed by atoms with Gasteiger partial charge in [-0.1, -0.05) is 23.7 Å². The maximum absolute atomic E-state index is 10.8. The molecule has 7 heteroatoms. The largest absolute Gasteiger partial charge is 0.476 e. The number of anilines is 1. The Balaban J connectivity index is 1.48. The molecule has 2 heterocycles. The molecule has 1 fully saturated rings. The lowest BCUT2D eigenvalue weighted by Crippen LogP contribution is -2.38. The molecule has 0 radical (unpaired) electrons. The Hall–Kier alpha value is -2.18. The van der Waals surface area contributed by atoms with Crippen molar-refractivity contribution in [1.29, 1.82) is 0 Å². The summed E-state index contributed by atoms with van der Waals surface area (Å²) in [5.41, 5.74) is 1.22. The average molecular weight is 347 g/mol. The van der Waals surface area contributed by atoms with Gasteiger partial charge in [0.15, 0.2) is 5.69 Å². The molecule has 3 rings (SSSR count). The normalized spacial score (nSPS) is 16.0. The Morgan fingerprint density at radius 1 is 1.21 bits per heavy atom. The van der Waals surface area contributed by atoms with Crippen LogP contribution in [0.15, 0.2) is 36.7 Å². The van der Waals surface area contributed by atoms with Crippen LogP contribution in [0.5, 0.6) is 0 Å². The van der Waals surface area contributed by atoms with Crippen molar-refractivity contribution in [3.63, 3.8) is 0 Å². The van der Waals surface area contributed by atoms with Gasteiger partial charge in [-0.15, -0.1) is 0 Å². The third-order valence-corrected chi connectivity index (χ3v) is 4.38. The second-order valence-electron chi connectivity index (χ2n) is 5.91. The lowest BCUT2D eigenvalue weighted by atomic mass is 10.0. The summed E-state index contributed by atoms with van der Waals surface area (Å²) in [5.74, 6) is -0.444. The first-order chi connectivity index (χ1) is 11.6. The predicted octanol–water partition coefficient (Wildman–Crippen LogP) is 2.90. The number of aromatic carboxylic acids is 1. The van der Waals surface area contributed by atoms with Crippen LogP contribution in [0.3, 0.4) is 0 Å². The van der Waals surface area contributed by atoms with E-state index >= 15 is 0 Å². The highest BCUT2D eigenvalue weighted by atomic mass is 35.5. The summed E-state index contributed by atoms with van der Waals surface area (Å²) in [6.07, 6.45) is 4.77. The van der Waals surface area contributed by atoms with Crippen LogP contribution in [-0.2, 0) is 6.54 Å². The molecule has 0 saturated carbocycles. The summed E-state index contributed by atoms with van der Waals surface area (Å²) in [6.45, 7) is 2.93. The molecule has 2 N–H and O–H groups in total. The maximum atomic E-state index is 10.8. The van der Waals surface area contributed by atoms with E-state index in [-0.39, 0.29) is 5.69 Å². The van der Waals surface area contributed by atoms with Crippen LogP contribution >= 0.6 is 11.6 Å². The van der Waals surface area contributed by atoms with Gasteiger partial charge < -0.3 is 10.4 Å². The van der Waals surface area contributed by atoms with E-state index in [9.17, 15) is 4.79 Å². The van der Waals surface area contributed by atoms with E-state index in [2.05, 4.69) is 32.3 Å². The molecule has 0 atom stereocenters. The minimum Gasteiger partial charge on any atom is -0.476 e. The Bertz CT molecular complexity index is 683. The summed E-state index contributed by atoms with van der Waals surface area (Å²) in [4.78, 5) is 21.2. The van der Waals surface area contributed by atoms with Crippen molar-refractivity contribution in [3.05, 3.63) is 52.9 Å². The number of rotatable bonds is 5. The summed E-state index contributed by atoms with van der Waals surface area (Å²) >= 11 is 5.91. The van der Waals surface area contributed by atoms with Crippen LogP contribution in [-0.4, -0.2) is 45.1 Å². The van der Waals surface area contributed by atoms with Crippen LogP contribution in [0.1, 0.15) is 28.9 Å².